The molecule has 0 aliphatic rings. The van der Waals surface area contributed by atoms with Gasteiger partial charge in [-0.15, -0.1) is 0 Å². The summed E-state index contributed by atoms with van der Waals surface area (Å²) in [5, 5.41) is 3.64. The van der Waals surface area contributed by atoms with Crippen LogP contribution in [0.3, 0.4) is 0 Å². The second-order valence-electron chi connectivity index (χ2n) is 4.48. The van der Waals surface area contributed by atoms with E-state index in [2.05, 4.69) is 5.10 Å². The van der Waals surface area contributed by atoms with E-state index in [9.17, 15) is 22.0 Å². The number of methoxy groups -OCH3 is 1. The minimum Gasteiger partial charge on any atom is -0.497 e. The highest BCUT2D eigenvalue weighted by Crippen LogP contribution is 2.27. The zero-order chi connectivity index (χ0) is 17.1. The Morgan fingerprint density at radius 3 is 1.83 bits per heavy atom. The van der Waals surface area contributed by atoms with Gasteiger partial charge in [-0.2, -0.15) is 5.10 Å². The SMILES string of the molecule is COc1ccc(/C(C)=N\Nc2c(F)c(F)c(F)c(F)c2F)cc1. The van der Waals surface area contributed by atoms with Gasteiger partial charge in [-0.3, -0.25) is 5.43 Å². The number of ether oxygens (including phenoxy) is 1. The topological polar surface area (TPSA) is 33.6 Å². The molecule has 2 aromatic rings. The van der Waals surface area contributed by atoms with Gasteiger partial charge in [-0.05, 0) is 36.8 Å². The molecule has 0 aromatic heterocycles. The maximum absolute atomic E-state index is 13.5. The van der Waals surface area contributed by atoms with Crippen molar-refractivity contribution in [2.45, 2.75) is 6.92 Å². The Kier molecular flexibility index (Phi) is 4.83. The van der Waals surface area contributed by atoms with E-state index in [-0.39, 0.29) is 5.71 Å². The van der Waals surface area contributed by atoms with Crippen LogP contribution in [0.1, 0.15) is 12.5 Å². The third-order valence-electron chi connectivity index (χ3n) is 3.05. The largest absolute Gasteiger partial charge is 0.497 e. The van der Waals surface area contributed by atoms with E-state index in [1.165, 1.54) is 14.0 Å². The quantitative estimate of drug-likeness (QED) is 0.299. The number of rotatable bonds is 4. The monoisotopic (exact) mass is 330 g/mol. The van der Waals surface area contributed by atoms with Crippen molar-refractivity contribution in [3.63, 3.8) is 0 Å². The van der Waals surface area contributed by atoms with Crippen LogP contribution in [-0.4, -0.2) is 12.8 Å². The van der Waals surface area contributed by atoms with E-state index >= 15 is 0 Å². The van der Waals surface area contributed by atoms with Crippen molar-refractivity contribution < 1.29 is 26.7 Å². The van der Waals surface area contributed by atoms with Crippen LogP contribution in [0.2, 0.25) is 0 Å². The molecule has 0 heterocycles. The zero-order valence-electron chi connectivity index (χ0n) is 12.1. The molecular weight excluding hydrogens is 319 g/mol. The van der Waals surface area contributed by atoms with Crippen LogP contribution in [0.5, 0.6) is 5.75 Å². The molecule has 0 radical (unpaired) electrons. The van der Waals surface area contributed by atoms with E-state index in [4.69, 9.17) is 4.74 Å². The molecule has 0 saturated heterocycles. The second kappa shape index (κ2) is 6.64. The van der Waals surface area contributed by atoms with Crippen LogP contribution >= 0.6 is 0 Å². The highest BCUT2D eigenvalue weighted by Gasteiger charge is 2.25. The van der Waals surface area contributed by atoms with Crippen LogP contribution in [0.25, 0.3) is 0 Å². The molecule has 122 valence electrons. The fourth-order valence-corrected chi connectivity index (χ4v) is 1.74. The third-order valence-corrected chi connectivity index (χ3v) is 3.05. The summed E-state index contributed by atoms with van der Waals surface area (Å²) < 4.78 is 71.0. The van der Waals surface area contributed by atoms with Crippen molar-refractivity contribution >= 4 is 11.4 Å². The van der Waals surface area contributed by atoms with Crippen LogP contribution < -0.4 is 10.2 Å². The Balaban J connectivity index is 2.32. The fraction of sp³-hybridized carbons (Fsp3) is 0.133. The molecular formula is C15H11F5N2O. The zero-order valence-corrected chi connectivity index (χ0v) is 12.1. The Morgan fingerprint density at radius 1 is 0.870 bits per heavy atom. The second-order valence-corrected chi connectivity index (χ2v) is 4.48. The number of nitrogens with zero attached hydrogens (tertiary/aromatic N) is 1. The lowest BCUT2D eigenvalue weighted by Gasteiger charge is -2.08. The maximum atomic E-state index is 13.5. The summed E-state index contributed by atoms with van der Waals surface area (Å²) in [7, 11) is 1.49. The Morgan fingerprint density at radius 2 is 1.35 bits per heavy atom. The van der Waals surface area contributed by atoms with Crippen LogP contribution in [-0.2, 0) is 0 Å². The van der Waals surface area contributed by atoms with Gasteiger partial charge in [0.2, 0.25) is 5.82 Å². The van der Waals surface area contributed by atoms with E-state index in [0.717, 1.165) is 0 Å². The van der Waals surface area contributed by atoms with E-state index in [0.29, 0.717) is 11.3 Å². The number of hydrazone groups is 1. The predicted octanol–water partition coefficient (Wildman–Crippen LogP) is 4.23. The number of halogens is 5. The average molecular weight is 330 g/mol. The molecule has 0 unspecified atom stereocenters. The number of anilines is 1. The summed E-state index contributed by atoms with van der Waals surface area (Å²) in [6.45, 7) is 1.50. The molecule has 8 heteroatoms. The van der Waals surface area contributed by atoms with Gasteiger partial charge < -0.3 is 4.74 Å². The number of nitrogens with one attached hydrogen (secondary N) is 1. The number of hydrogen-bond acceptors (Lipinski definition) is 3. The summed E-state index contributed by atoms with van der Waals surface area (Å²) in [5.41, 5.74) is 1.51. The molecule has 0 amide bonds. The molecule has 23 heavy (non-hydrogen) atoms. The molecule has 1 N–H and O–H groups in total. The van der Waals surface area contributed by atoms with Crippen LogP contribution in [0.4, 0.5) is 27.6 Å². The molecule has 0 saturated carbocycles. The minimum absolute atomic E-state index is 0.275. The third kappa shape index (κ3) is 3.25. The summed E-state index contributed by atoms with van der Waals surface area (Å²) in [6, 6.07) is 6.51. The first-order valence-electron chi connectivity index (χ1n) is 6.33. The van der Waals surface area contributed by atoms with Crippen LogP contribution in [0, 0.1) is 29.1 Å². The van der Waals surface area contributed by atoms with Crippen molar-refractivity contribution in [3.05, 3.63) is 58.9 Å². The average Bonchev–Trinajstić information content (AvgIpc) is 2.58. The van der Waals surface area contributed by atoms with Gasteiger partial charge in [-0.25, -0.2) is 22.0 Å². The Bertz CT molecular complexity index is 730. The van der Waals surface area contributed by atoms with Crippen molar-refractivity contribution in [1.29, 1.82) is 0 Å². The molecule has 0 aliphatic carbocycles. The van der Waals surface area contributed by atoms with Gasteiger partial charge in [0.15, 0.2) is 23.3 Å². The number of benzene rings is 2. The van der Waals surface area contributed by atoms with Crippen LogP contribution in [0.15, 0.2) is 29.4 Å². The van der Waals surface area contributed by atoms with Gasteiger partial charge >= 0.3 is 0 Å². The molecule has 3 nitrogen and oxygen atoms in total. The fourth-order valence-electron chi connectivity index (χ4n) is 1.74. The molecule has 0 atom stereocenters. The normalized spacial score (nSPS) is 11.5. The standard InChI is InChI=1S/C15H11F5N2O/c1-7(8-3-5-9(23-2)6-4-8)21-22-15-13(19)11(17)10(16)12(18)14(15)20/h3-6,22H,1-2H3/b21-7-. The van der Waals surface area contributed by atoms with Gasteiger partial charge in [0, 0.05) is 0 Å². The van der Waals surface area contributed by atoms with E-state index in [1.807, 2.05) is 5.43 Å². The first-order valence-corrected chi connectivity index (χ1v) is 6.33. The van der Waals surface area contributed by atoms with Crippen molar-refractivity contribution in [1.82, 2.24) is 0 Å². The van der Waals surface area contributed by atoms with E-state index in [1.54, 1.807) is 24.3 Å². The molecule has 2 aromatic carbocycles. The Hall–Kier alpha value is -2.64. The molecule has 2 rings (SSSR count). The molecule has 0 aliphatic heterocycles. The summed E-state index contributed by atoms with van der Waals surface area (Å²) in [5.74, 6) is -9.66. The van der Waals surface area contributed by atoms with Gasteiger partial charge in [-0.1, -0.05) is 0 Å². The number of hydrogen-bond donors (Lipinski definition) is 1. The highest BCUT2D eigenvalue weighted by atomic mass is 19.2. The highest BCUT2D eigenvalue weighted by molar-refractivity contribution is 5.99. The van der Waals surface area contributed by atoms with Gasteiger partial charge in [0.05, 0.1) is 12.8 Å². The summed E-state index contributed by atoms with van der Waals surface area (Å²) in [4.78, 5) is 0. The van der Waals surface area contributed by atoms with Crippen molar-refractivity contribution in [2.24, 2.45) is 5.10 Å². The smallest absolute Gasteiger partial charge is 0.200 e. The lowest BCUT2D eigenvalue weighted by molar-refractivity contribution is 0.381. The molecule has 0 fully saturated rings. The Labute approximate surface area is 128 Å². The van der Waals surface area contributed by atoms with Gasteiger partial charge in [0.1, 0.15) is 11.4 Å². The minimum atomic E-state index is -2.22. The first kappa shape index (κ1) is 16.7. The lowest BCUT2D eigenvalue weighted by Crippen LogP contribution is -2.08. The molecule has 0 spiro atoms. The summed E-state index contributed by atoms with van der Waals surface area (Å²) >= 11 is 0. The maximum Gasteiger partial charge on any atom is 0.200 e. The lowest BCUT2D eigenvalue weighted by atomic mass is 10.1. The van der Waals surface area contributed by atoms with Crippen molar-refractivity contribution in [2.75, 3.05) is 12.5 Å². The molecule has 0 bridgehead atoms. The predicted molar refractivity (Wildman–Crippen MR) is 75.1 cm³/mol. The summed E-state index contributed by atoms with van der Waals surface area (Å²) in [6.07, 6.45) is 0. The van der Waals surface area contributed by atoms with E-state index < -0.39 is 34.8 Å². The van der Waals surface area contributed by atoms with Crippen molar-refractivity contribution in [3.8, 4) is 5.75 Å². The van der Waals surface area contributed by atoms with Gasteiger partial charge in [0.25, 0.3) is 0 Å². The first-order chi connectivity index (χ1) is 10.9.